The summed E-state index contributed by atoms with van der Waals surface area (Å²) in [6, 6.07) is 24.9. The van der Waals surface area contributed by atoms with E-state index in [-0.39, 0.29) is 18.9 Å². The van der Waals surface area contributed by atoms with Gasteiger partial charge in [-0.2, -0.15) is 0 Å². The molecular formula is C22H18N2O3. The summed E-state index contributed by atoms with van der Waals surface area (Å²) in [6.07, 6.45) is 0.184. The zero-order chi connectivity index (χ0) is 18.6. The fourth-order valence-corrected chi connectivity index (χ4v) is 3.04. The first-order valence-electron chi connectivity index (χ1n) is 8.74. The highest BCUT2D eigenvalue weighted by molar-refractivity contribution is 5.91. The van der Waals surface area contributed by atoms with E-state index in [0.29, 0.717) is 11.1 Å². The molecular weight excluding hydrogens is 340 g/mol. The van der Waals surface area contributed by atoms with E-state index >= 15 is 0 Å². The molecule has 134 valence electrons. The number of carbonyl (C=O) groups excluding carboxylic acids is 1. The zero-order valence-electron chi connectivity index (χ0n) is 14.6. The first-order valence-corrected chi connectivity index (χ1v) is 8.74. The van der Waals surface area contributed by atoms with Crippen molar-refractivity contribution in [1.29, 1.82) is 0 Å². The van der Waals surface area contributed by atoms with E-state index in [2.05, 4.69) is 5.32 Å². The molecule has 5 nitrogen and oxygen atoms in total. The Morgan fingerprint density at radius 3 is 2.30 bits per heavy atom. The van der Waals surface area contributed by atoms with Gasteiger partial charge in [-0.3, -0.25) is 9.36 Å². The summed E-state index contributed by atoms with van der Waals surface area (Å²) in [6.45, 7) is 0.268. The van der Waals surface area contributed by atoms with Crippen LogP contribution in [0.5, 0.6) is 0 Å². The molecule has 4 aromatic rings. The van der Waals surface area contributed by atoms with Gasteiger partial charge in [-0.05, 0) is 35.4 Å². The van der Waals surface area contributed by atoms with Crippen molar-refractivity contribution in [3.63, 3.8) is 0 Å². The average Bonchev–Trinajstić information content (AvgIpc) is 3.03. The molecule has 0 unspecified atom stereocenters. The number of rotatable bonds is 5. The Bertz CT molecular complexity index is 1130. The van der Waals surface area contributed by atoms with Crippen LogP contribution in [-0.4, -0.2) is 10.5 Å². The van der Waals surface area contributed by atoms with E-state index in [4.69, 9.17) is 4.42 Å². The lowest BCUT2D eigenvalue weighted by molar-refractivity contribution is -0.116. The molecule has 0 aliphatic heterocycles. The van der Waals surface area contributed by atoms with E-state index in [1.807, 2.05) is 60.7 Å². The summed E-state index contributed by atoms with van der Waals surface area (Å²) >= 11 is 0. The van der Waals surface area contributed by atoms with Crippen molar-refractivity contribution < 1.29 is 9.21 Å². The lowest BCUT2D eigenvalue weighted by atomic mass is 10.1. The zero-order valence-corrected chi connectivity index (χ0v) is 14.6. The van der Waals surface area contributed by atoms with Crippen LogP contribution in [0.4, 0.5) is 5.69 Å². The third-order valence-electron chi connectivity index (χ3n) is 4.41. The maximum Gasteiger partial charge on any atom is 0.419 e. The molecule has 0 spiro atoms. The van der Waals surface area contributed by atoms with Crippen LogP contribution >= 0.6 is 0 Å². The summed E-state index contributed by atoms with van der Waals surface area (Å²) < 4.78 is 6.66. The van der Waals surface area contributed by atoms with E-state index in [9.17, 15) is 9.59 Å². The summed E-state index contributed by atoms with van der Waals surface area (Å²) in [4.78, 5) is 24.2. The van der Waals surface area contributed by atoms with Gasteiger partial charge in [0.15, 0.2) is 5.58 Å². The summed E-state index contributed by atoms with van der Waals surface area (Å²) in [5.41, 5.74) is 4.16. The van der Waals surface area contributed by atoms with Crippen molar-refractivity contribution in [3.8, 4) is 11.1 Å². The molecule has 1 heterocycles. The quantitative estimate of drug-likeness (QED) is 0.579. The largest absolute Gasteiger partial charge is 0.419 e. The minimum atomic E-state index is -0.448. The summed E-state index contributed by atoms with van der Waals surface area (Å²) in [7, 11) is 0. The smallest absolute Gasteiger partial charge is 0.408 e. The summed E-state index contributed by atoms with van der Waals surface area (Å²) in [5.74, 6) is -0.601. The number of fused-ring (bicyclic) bond motifs is 1. The van der Waals surface area contributed by atoms with Crippen LogP contribution in [0.25, 0.3) is 22.2 Å². The second kappa shape index (κ2) is 7.33. The molecule has 0 saturated heterocycles. The normalized spacial score (nSPS) is 10.8. The van der Waals surface area contributed by atoms with Crippen molar-refractivity contribution in [2.24, 2.45) is 0 Å². The Hall–Kier alpha value is -3.60. The second-order valence-corrected chi connectivity index (χ2v) is 6.23. The van der Waals surface area contributed by atoms with E-state index in [0.717, 1.165) is 16.8 Å². The number of nitrogens with zero attached hydrogens (tertiary/aromatic N) is 1. The molecule has 1 N–H and O–H groups in total. The first kappa shape index (κ1) is 16.8. The number of para-hydroxylation sites is 2. The van der Waals surface area contributed by atoms with Crippen LogP contribution in [0.2, 0.25) is 0 Å². The molecule has 0 radical (unpaired) electrons. The van der Waals surface area contributed by atoms with Gasteiger partial charge >= 0.3 is 5.76 Å². The standard InChI is InChI=1S/C22H18N2O3/c25-21(14-15-24-19-8-4-5-9-20(19)27-22(24)26)23-18-12-10-17(11-13-18)16-6-2-1-3-7-16/h1-13H,14-15H2,(H,23,25). The highest BCUT2D eigenvalue weighted by Crippen LogP contribution is 2.21. The SMILES string of the molecule is O=C(CCn1c(=O)oc2ccccc21)Nc1ccc(-c2ccccc2)cc1. The Kier molecular flexibility index (Phi) is 4.58. The van der Waals surface area contributed by atoms with Crippen molar-refractivity contribution in [2.75, 3.05) is 5.32 Å². The number of aromatic nitrogens is 1. The van der Waals surface area contributed by atoms with Crippen LogP contribution in [0.3, 0.4) is 0 Å². The van der Waals surface area contributed by atoms with E-state index in [1.165, 1.54) is 4.57 Å². The molecule has 27 heavy (non-hydrogen) atoms. The molecule has 3 aromatic carbocycles. The molecule has 0 atom stereocenters. The fourth-order valence-electron chi connectivity index (χ4n) is 3.04. The van der Waals surface area contributed by atoms with Crippen LogP contribution in [0, 0.1) is 0 Å². The first-order chi connectivity index (χ1) is 13.2. The van der Waals surface area contributed by atoms with Crippen molar-refractivity contribution in [1.82, 2.24) is 4.57 Å². The Morgan fingerprint density at radius 1 is 0.852 bits per heavy atom. The van der Waals surface area contributed by atoms with E-state index < -0.39 is 5.76 Å². The van der Waals surface area contributed by atoms with Gasteiger partial charge in [0, 0.05) is 18.7 Å². The Labute approximate surface area is 155 Å². The Balaban J connectivity index is 1.41. The van der Waals surface area contributed by atoms with Gasteiger partial charge in [-0.15, -0.1) is 0 Å². The van der Waals surface area contributed by atoms with Gasteiger partial charge in [0.1, 0.15) is 0 Å². The van der Waals surface area contributed by atoms with Crippen LogP contribution in [0.1, 0.15) is 6.42 Å². The Morgan fingerprint density at radius 2 is 1.52 bits per heavy atom. The number of benzene rings is 3. The van der Waals surface area contributed by atoms with Gasteiger partial charge in [0.25, 0.3) is 0 Å². The predicted molar refractivity (Wildman–Crippen MR) is 106 cm³/mol. The molecule has 1 amide bonds. The number of oxazole rings is 1. The average molecular weight is 358 g/mol. The minimum absolute atomic E-state index is 0.153. The van der Waals surface area contributed by atoms with Gasteiger partial charge in [0.2, 0.25) is 5.91 Å². The highest BCUT2D eigenvalue weighted by atomic mass is 16.4. The molecule has 5 heteroatoms. The number of hydrogen-bond donors (Lipinski definition) is 1. The number of hydrogen-bond acceptors (Lipinski definition) is 3. The number of aryl methyl sites for hydroxylation is 1. The third-order valence-corrected chi connectivity index (χ3v) is 4.41. The number of nitrogens with one attached hydrogen (secondary N) is 1. The number of carbonyl (C=O) groups is 1. The van der Waals surface area contributed by atoms with Gasteiger partial charge in [-0.25, -0.2) is 4.79 Å². The second-order valence-electron chi connectivity index (χ2n) is 6.23. The minimum Gasteiger partial charge on any atom is -0.408 e. The predicted octanol–water partition coefficient (Wildman–Crippen LogP) is 4.29. The maximum atomic E-state index is 12.3. The monoisotopic (exact) mass is 358 g/mol. The lowest BCUT2D eigenvalue weighted by Gasteiger charge is -2.07. The molecule has 0 saturated carbocycles. The molecule has 0 fully saturated rings. The lowest BCUT2D eigenvalue weighted by Crippen LogP contribution is -2.19. The van der Waals surface area contributed by atoms with Crippen molar-refractivity contribution in [2.45, 2.75) is 13.0 Å². The van der Waals surface area contributed by atoms with E-state index in [1.54, 1.807) is 18.2 Å². The molecule has 0 aliphatic carbocycles. The maximum absolute atomic E-state index is 12.3. The topological polar surface area (TPSA) is 64.2 Å². The summed E-state index contributed by atoms with van der Waals surface area (Å²) in [5, 5.41) is 2.87. The fraction of sp³-hybridized carbons (Fsp3) is 0.0909. The molecule has 0 bridgehead atoms. The molecule has 1 aromatic heterocycles. The molecule has 4 rings (SSSR count). The van der Waals surface area contributed by atoms with Gasteiger partial charge < -0.3 is 9.73 Å². The molecule has 0 aliphatic rings. The van der Waals surface area contributed by atoms with Crippen LogP contribution in [0.15, 0.2) is 88.1 Å². The van der Waals surface area contributed by atoms with Crippen LogP contribution in [-0.2, 0) is 11.3 Å². The third kappa shape index (κ3) is 3.67. The van der Waals surface area contributed by atoms with Crippen molar-refractivity contribution in [3.05, 3.63) is 89.4 Å². The van der Waals surface area contributed by atoms with Gasteiger partial charge in [-0.1, -0.05) is 54.6 Å². The van der Waals surface area contributed by atoms with Gasteiger partial charge in [0.05, 0.1) is 5.52 Å². The number of amides is 1. The van der Waals surface area contributed by atoms with Crippen LogP contribution < -0.4 is 11.1 Å². The van der Waals surface area contributed by atoms with Crippen molar-refractivity contribution >= 4 is 22.7 Å². The number of anilines is 1. The highest BCUT2D eigenvalue weighted by Gasteiger charge is 2.10.